The quantitative estimate of drug-likeness (QED) is 0.907. The van der Waals surface area contributed by atoms with Crippen molar-refractivity contribution in [3.8, 4) is 0 Å². The minimum absolute atomic E-state index is 0.121. The molecule has 0 aliphatic carbocycles. The first-order valence-corrected chi connectivity index (χ1v) is 6.99. The Kier molecular flexibility index (Phi) is 2.84. The lowest BCUT2D eigenvalue weighted by molar-refractivity contribution is 0.605. The van der Waals surface area contributed by atoms with Gasteiger partial charge in [0.15, 0.2) is 9.84 Å². The molecule has 1 aliphatic rings. The molecule has 80 valence electrons. The maximum absolute atomic E-state index is 11.2. The van der Waals surface area contributed by atoms with E-state index in [0.29, 0.717) is 0 Å². The zero-order valence-electron chi connectivity index (χ0n) is 7.85. The van der Waals surface area contributed by atoms with Gasteiger partial charge in [0.2, 0.25) is 0 Å². The van der Waals surface area contributed by atoms with Crippen LogP contribution in [0.15, 0.2) is 40.2 Å². The van der Waals surface area contributed by atoms with Crippen molar-refractivity contribution in [1.82, 2.24) is 0 Å². The Balaban J connectivity index is 2.09. The minimum atomic E-state index is -2.98. The van der Waals surface area contributed by atoms with Crippen LogP contribution in [0.4, 0.5) is 5.69 Å². The number of rotatable bonds is 2. The van der Waals surface area contributed by atoms with Crippen molar-refractivity contribution in [1.29, 1.82) is 0 Å². The Hall–Kier alpha value is -0.810. The molecule has 0 saturated heterocycles. The van der Waals surface area contributed by atoms with E-state index in [1.807, 2.05) is 24.3 Å². The smallest absolute Gasteiger partial charge is 0.173 e. The summed E-state index contributed by atoms with van der Waals surface area (Å²) < 4.78 is 23.3. The van der Waals surface area contributed by atoms with Gasteiger partial charge in [-0.25, -0.2) is 8.42 Å². The van der Waals surface area contributed by atoms with Crippen molar-refractivity contribution in [2.75, 3.05) is 11.1 Å². The van der Waals surface area contributed by atoms with E-state index in [0.717, 1.165) is 10.2 Å². The summed E-state index contributed by atoms with van der Waals surface area (Å²) in [6.45, 7) is 0. The molecule has 1 heterocycles. The Morgan fingerprint density at radius 1 is 1.40 bits per heavy atom. The standard InChI is InChI=1S/C10H10BrNO2S/c11-8-2-1-3-9(6-8)12-10-4-5-15(13,14)7-10/h1-6,10,12H,7H2/t10-/m0/s1. The summed E-state index contributed by atoms with van der Waals surface area (Å²) in [6.07, 6.45) is 1.68. The van der Waals surface area contributed by atoms with Gasteiger partial charge in [0.05, 0.1) is 11.8 Å². The third kappa shape index (κ3) is 2.82. The fraction of sp³-hybridized carbons (Fsp3) is 0.200. The molecule has 0 fully saturated rings. The molecule has 0 bridgehead atoms. The first-order valence-electron chi connectivity index (χ1n) is 4.48. The normalized spacial score (nSPS) is 22.9. The highest BCUT2D eigenvalue weighted by molar-refractivity contribution is 9.10. The second-order valence-corrected chi connectivity index (χ2v) is 6.27. The molecule has 5 heteroatoms. The van der Waals surface area contributed by atoms with E-state index in [1.165, 1.54) is 5.41 Å². The summed E-state index contributed by atoms with van der Waals surface area (Å²) in [5.74, 6) is 0.138. The molecule has 2 rings (SSSR count). The van der Waals surface area contributed by atoms with E-state index in [-0.39, 0.29) is 11.8 Å². The third-order valence-electron chi connectivity index (χ3n) is 2.11. The van der Waals surface area contributed by atoms with Gasteiger partial charge in [-0.05, 0) is 18.2 Å². The van der Waals surface area contributed by atoms with Crippen molar-refractivity contribution in [3.63, 3.8) is 0 Å². The van der Waals surface area contributed by atoms with E-state index in [4.69, 9.17) is 0 Å². The van der Waals surface area contributed by atoms with Gasteiger partial charge in [-0.1, -0.05) is 28.1 Å². The maximum atomic E-state index is 11.2. The second-order valence-electron chi connectivity index (χ2n) is 3.42. The van der Waals surface area contributed by atoms with Crippen LogP contribution in [-0.4, -0.2) is 20.2 Å². The zero-order valence-corrected chi connectivity index (χ0v) is 10.3. The van der Waals surface area contributed by atoms with Crippen molar-refractivity contribution >= 4 is 31.5 Å². The molecule has 15 heavy (non-hydrogen) atoms. The van der Waals surface area contributed by atoms with Crippen LogP contribution < -0.4 is 5.32 Å². The van der Waals surface area contributed by atoms with Crippen LogP contribution in [0.2, 0.25) is 0 Å². The zero-order chi connectivity index (χ0) is 10.9. The average molecular weight is 288 g/mol. The van der Waals surface area contributed by atoms with Gasteiger partial charge in [0.25, 0.3) is 0 Å². The van der Waals surface area contributed by atoms with Crippen molar-refractivity contribution < 1.29 is 8.42 Å². The lowest BCUT2D eigenvalue weighted by Gasteiger charge is -2.11. The van der Waals surface area contributed by atoms with Gasteiger partial charge in [-0.3, -0.25) is 0 Å². The predicted octanol–water partition coefficient (Wildman–Crippen LogP) is 2.17. The van der Waals surface area contributed by atoms with Crippen LogP contribution in [0.1, 0.15) is 0 Å². The predicted molar refractivity (Wildman–Crippen MR) is 64.5 cm³/mol. The summed E-state index contributed by atoms with van der Waals surface area (Å²) in [5.41, 5.74) is 0.913. The highest BCUT2D eigenvalue weighted by Gasteiger charge is 2.21. The Labute approximate surface area is 97.2 Å². The summed E-state index contributed by atoms with van der Waals surface area (Å²) >= 11 is 3.36. The maximum Gasteiger partial charge on any atom is 0.173 e. The first-order chi connectivity index (χ1) is 7.05. The van der Waals surface area contributed by atoms with Crippen LogP contribution in [0.25, 0.3) is 0 Å². The highest BCUT2D eigenvalue weighted by atomic mass is 79.9. The number of halogens is 1. The van der Waals surface area contributed by atoms with Gasteiger partial charge in [0, 0.05) is 15.6 Å². The third-order valence-corrected chi connectivity index (χ3v) is 4.00. The van der Waals surface area contributed by atoms with E-state index in [2.05, 4.69) is 21.2 Å². The van der Waals surface area contributed by atoms with Crippen LogP contribution in [0.5, 0.6) is 0 Å². The number of benzene rings is 1. The van der Waals surface area contributed by atoms with Crippen LogP contribution in [0.3, 0.4) is 0 Å². The summed E-state index contributed by atoms with van der Waals surface area (Å²) in [6, 6.07) is 7.53. The van der Waals surface area contributed by atoms with E-state index >= 15 is 0 Å². The van der Waals surface area contributed by atoms with E-state index < -0.39 is 9.84 Å². The largest absolute Gasteiger partial charge is 0.378 e. The summed E-state index contributed by atoms with van der Waals surface area (Å²) in [7, 11) is -2.98. The molecule has 1 N–H and O–H groups in total. The number of anilines is 1. The molecule has 1 aromatic rings. The molecule has 3 nitrogen and oxygen atoms in total. The SMILES string of the molecule is O=S1(=O)C=C[C@H](Nc2cccc(Br)c2)C1. The molecule has 1 aromatic carbocycles. The molecule has 0 aromatic heterocycles. The summed E-state index contributed by atoms with van der Waals surface area (Å²) in [4.78, 5) is 0. The van der Waals surface area contributed by atoms with Gasteiger partial charge in [-0.2, -0.15) is 0 Å². The van der Waals surface area contributed by atoms with Crippen molar-refractivity contribution in [2.45, 2.75) is 6.04 Å². The molecular formula is C10H10BrNO2S. The molecule has 1 atom stereocenters. The average Bonchev–Trinajstić information content (AvgIpc) is 2.45. The van der Waals surface area contributed by atoms with Crippen molar-refractivity contribution in [3.05, 3.63) is 40.2 Å². The Bertz CT molecular complexity index is 496. The molecule has 0 radical (unpaired) electrons. The Morgan fingerprint density at radius 3 is 2.80 bits per heavy atom. The van der Waals surface area contributed by atoms with Gasteiger partial charge in [-0.15, -0.1) is 0 Å². The number of hydrogen-bond donors (Lipinski definition) is 1. The summed E-state index contributed by atoms with van der Waals surface area (Å²) in [5, 5.41) is 4.41. The molecule has 0 amide bonds. The topological polar surface area (TPSA) is 46.2 Å². The van der Waals surface area contributed by atoms with Gasteiger partial charge >= 0.3 is 0 Å². The molecule has 0 unspecified atom stereocenters. The number of sulfone groups is 1. The van der Waals surface area contributed by atoms with Crippen LogP contribution >= 0.6 is 15.9 Å². The van der Waals surface area contributed by atoms with Crippen molar-refractivity contribution in [2.24, 2.45) is 0 Å². The van der Waals surface area contributed by atoms with Gasteiger partial charge < -0.3 is 5.32 Å². The number of hydrogen-bond acceptors (Lipinski definition) is 3. The molecule has 0 saturated carbocycles. The Morgan fingerprint density at radius 2 is 2.20 bits per heavy atom. The fourth-order valence-corrected chi connectivity index (χ4v) is 3.09. The minimum Gasteiger partial charge on any atom is -0.378 e. The monoisotopic (exact) mass is 287 g/mol. The highest BCUT2D eigenvalue weighted by Crippen LogP contribution is 2.19. The molecule has 1 aliphatic heterocycles. The first kappa shape index (κ1) is 10.7. The fourth-order valence-electron chi connectivity index (χ4n) is 1.46. The van der Waals surface area contributed by atoms with E-state index in [1.54, 1.807) is 6.08 Å². The molecular weight excluding hydrogens is 278 g/mol. The molecule has 0 spiro atoms. The van der Waals surface area contributed by atoms with Gasteiger partial charge in [0.1, 0.15) is 0 Å². The number of nitrogens with one attached hydrogen (secondary N) is 1. The second kappa shape index (κ2) is 3.98. The van der Waals surface area contributed by atoms with Crippen LogP contribution in [0, 0.1) is 0 Å². The lowest BCUT2D eigenvalue weighted by atomic mass is 10.2. The lowest BCUT2D eigenvalue weighted by Crippen LogP contribution is -2.20. The van der Waals surface area contributed by atoms with Crippen LogP contribution in [-0.2, 0) is 9.84 Å². The van der Waals surface area contributed by atoms with E-state index in [9.17, 15) is 8.42 Å².